The molecule has 0 bridgehead atoms. The summed E-state index contributed by atoms with van der Waals surface area (Å²) in [5.74, 6) is 0.773. The van der Waals surface area contributed by atoms with Gasteiger partial charge >= 0.3 is 0 Å². The molecule has 0 N–H and O–H groups in total. The summed E-state index contributed by atoms with van der Waals surface area (Å²) in [6, 6.07) is 15.3. The minimum absolute atomic E-state index is 0.0892. The summed E-state index contributed by atoms with van der Waals surface area (Å²) in [4.78, 5) is 20.2. The van der Waals surface area contributed by atoms with Crippen LogP contribution in [0.4, 0.5) is 0 Å². The zero-order valence-corrected chi connectivity index (χ0v) is 17.1. The zero-order valence-electron chi connectivity index (χ0n) is 16.4. The number of amides is 1. The van der Waals surface area contributed by atoms with Crippen LogP contribution in [0.5, 0.6) is 5.75 Å². The van der Waals surface area contributed by atoms with Gasteiger partial charge in [0.15, 0.2) is 6.10 Å². The Morgan fingerprint density at radius 2 is 2.04 bits per heavy atom. The average molecular weight is 401 g/mol. The van der Waals surface area contributed by atoms with Gasteiger partial charge in [-0.3, -0.25) is 4.79 Å². The average Bonchev–Trinajstić information content (AvgIpc) is 3.16. The van der Waals surface area contributed by atoms with E-state index in [1.54, 1.807) is 7.11 Å². The summed E-state index contributed by atoms with van der Waals surface area (Å²) >= 11 is 5.95. The van der Waals surface area contributed by atoms with Crippen molar-refractivity contribution < 1.29 is 14.4 Å². The number of ether oxygens (including phenoxy) is 1. The third-order valence-corrected chi connectivity index (χ3v) is 4.90. The van der Waals surface area contributed by atoms with E-state index in [1.165, 1.54) is 0 Å². The van der Waals surface area contributed by atoms with Crippen molar-refractivity contribution in [3.05, 3.63) is 64.7 Å². The van der Waals surface area contributed by atoms with Crippen molar-refractivity contribution in [3.8, 4) is 5.75 Å². The highest BCUT2D eigenvalue weighted by Gasteiger charge is 2.27. The highest BCUT2D eigenvalue weighted by Crippen LogP contribution is 2.21. The summed E-state index contributed by atoms with van der Waals surface area (Å²) in [6.45, 7) is 4.80. The number of rotatable bonds is 7. The first-order valence-corrected chi connectivity index (χ1v) is 9.74. The third kappa shape index (κ3) is 5.04. The molecular formula is C22H25ClN2O3. The first-order valence-electron chi connectivity index (χ1n) is 9.36. The minimum Gasteiger partial charge on any atom is -0.497 e. The number of carbonyl (C=O) groups excluding carboxylic acids is 1. The van der Waals surface area contributed by atoms with Crippen molar-refractivity contribution in [1.29, 1.82) is 0 Å². The lowest BCUT2D eigenvalue weighted by molar-refractivity contribution is -0.136. The lowest BCUT2D eigenvalue weighted by Crippen LogP contribution is -2.39. The molecule has 1 aliphatic heterocycles. The van der Waals surface area contributed by atoms with E-state index >= 15 is 0 Å². The molecule has 0 unspecified atom stereocenters. The van der Waals surface area contributed by atoms with Crippen molar-refractivity contribution in [1.82, 2.24) is 4.90 Å². The number of halogens is 1. The van der Waals surface area contributed by atoms with Crippen LogP contribution in [0, 0.1) is 5.92 Å². The van der Waals surface area contributed by atoms with Crippen molar-refractivity contribution in [2.45, 2.75) is 32.9 Å². The first-order chi connectivity index (χ1) is 13.5. The van der Waals surface area contributed by atoms with Gasteiger partial charge in [-0.25, -0.2) is 0 Å². The highest BCUT2D eigenvalue weighted by molar-refractivity contribution is 6.30. The fourth-order valence-electron chi connectivity index (χ4n) is 3.17. The van der Waals surface area contributed by atoms with E-state index in [0.717, 1.165) is 22.6 Å². The van der Waals surface area contributed by atoms with Crippen LogP contribution >= 0.6 is 11.6 Å². The number of oxime groups is 1. The van der Waals surface area contributed by atoms with Gasteiger partial charge in [-0.2, -0.15) is 0 Å². The van der Waals surface area contributed by atoms with Gasteiger partial charge < -0.3 is 14.5 Å². The van der Waals surface area contributed by atoms with Gasteiger partial charge in [0.2, 0.25) is 5.91 Å². The van der Waals surface area contributed by atoms with Crippen LogP contribution < -0.4 is 4.74 Å². The fourth-order valence-corrected chi connectivity index (χ4v) is 3.30. The number of hydrogen-bond donors (Lipinski definition) is 0. The van der Waals surface area contributed by atoms with Gasteiger partial charge in [-0.15, -0.1) is 0 Å². The Morgan fingerprint density at radius 1 is 1.29 bits per heavy atom. The highest BCUT2D eigenvalue weighted by atomic mass is 35.5. The first kappa shape index (κ1) is 20.2. The molecule has 1 heterocycles. The van der Waals surface area contributed by atoms with Crippen LogP contribution in [0.1, 0.15) is 31.4 Å². The van der Waals surface area contributed by atoms with E-state index in [-0.39, 0.29) is 17.9 Å². The molecule has 2 aromatic rings. The molecule has 0 saturated heterocycles. The SMILES string of the molecule is COc1cccc(CN(C[C@H]2CC(c3ccc(Cl)cc3)=NO2)C(=O)C(C)C)c1. The molecule has 6 heteroatoms. The Balaban J connectivity index is 1.68. The van der Waals surface area contributed by atoms with Crippen LogP contribution in [0.15, 0.2) is 53.7 Å². The van der Waals surface area contributed by atoms with Gasteiger partial charge in [0, 0.05) is 23.9 Å². The topological polar surface area (TPSA) is 51.1 Å². The van der Waals surface area contributed by atoms with E-state index in [0.29, 0.717) is 24.5 Å². The molecule has 0 saturated carbocycles. The van der Waals surface area contributed by atoms with Gasteiger partial charge in [-0.1, -0.05) is 54.9 Å². The number of methoxy groups -OCH3 is 1. The minimum atomic E-state index is -0.168. The number of benzene rings is 2. The second kappa shape index (κ2) is 9.11. The van der Waals surface area contributed by atoms with Gasteiger partial charge in [-0.05, 0) is 35.4 Å². The summed E-state index contributed by atoms with van der Waals surface area (Å²) < 4.78 is 5.29. The lowest BCUT2D eigenvalue weighted by atomic mass is 10.0. The van der Waals surface area contributed by atoms with Crippen LogP contribution in [0.25, 0.3) is 0 Å². The van der Waals surface area contributed by atoms with E-state index in [9.17, 15) is 4.79 Å². The molecule has 148 valence electrons. The molecule has 1 aliphatic rings. The molecule has 0 aliphatic carbocycles. The second-order valence-corrected chi connectivity index (χ2v) is 7.64. The monoisotopic (exact) mass is 400 g/mol. The quantitative estimate of drug-likeness (QED) is 0.686. The maximum atomic E-state index is 12.8. The normalized spacial score (nSPS) is 15.9. The van der Waals surface area contributed by atoms with Crippen molar-refractivity contribution >= 4 is 23.2 Å². The molecule has 5 nitrogen and oxygen atoms in total. The summed E-state index contributed by atoms with van der Waals surface area (Å²) in [5.41, 5.74) is 2.88. The van der Waals surface area contributed by atoms with E-state index in [2.05, 4.69) is 5.16 Å². The molecule has 28 heavy (non-hydrogen) atoms. The Hall–Kier alpha value is -2.53. The van der Waals surface area contributed by atoms with Gasteiger partial charge in [0.1, 0.15) is 5.75 Å². The van der Waals surface area contributed by atoms with Crippen LogP contribution in [0.2, 0.25) is 5.02 Å². The predicted octanol–water partition coefficient (Wildman–Crippen LogP) is 4.53. The standard InChI is InChI=1S/C22H25ClN2O3/c1-15(2)22(26)25(13-16-5-4-6-19(11-16)27-3)14-20-12-21(24-28-20)17-7-9-18(23)10-8-17/h4-11,15,20H,12-14H2,1-3H3/t20-/m1/s1. The molecule has 1 atom stereocenters. The maximum Gasteiger partial charge on any atom is 0.225 e. The fraction of sp³-hybridized carbons (Fsp3) is 0.364. The maximum absolute atomic E-state index is 12.8. The summed E-state index contributed by atoms with van der Waals surface area (Å²) in [7, 11) is 1.64. The second-order valence-electron chi connectivity index (χ2n) is 7.20. The van der Waals surface area contributed by atoms with E-state index in [1.807, 2.05) is 67.3 Å². The number of carbonyl (C=O) groups is 1. The van der Waals surface area contributed by atoms with Crippen LogP contribution in [0.3, 0.4) is 0 Å². The molecule has 3 rings (SSSR count). The Morgan fingerprint density at radius 3 is 2.71 bits per heavy atom. The lowest BCUT2D eigenvalue weighted by Gasteiger charge is -2.26. The molecule has 0 aromatic heterocycles. The summed E-state index contributed by atoms with van der Waals surface area (Å²) in [5, 5.41) is 4.91. The largest absolute Gasteiger partial charge is 0.497 e. The Labute approximate surface area is 170 Å². The van der Waals surface area contributed by atoms with Crippen molar-refractivity contribution in [2.24, 2.45) is 11.1 Å². The third-order valence-electron chi connectivity index (χ3n) is 4.65. The Bertz CT molecular complexity index is 849. The number of nitrogens with zero attached hydrogens (tertiary/aromatic N) is 2. The van der Waals surface area contributed by atoms with Crippen molar-refractivity contribution in [2.75, 3.05) is 13.7 Å². The molecule has 0 radical (unpaired) electrons. The molecule has 0 spiro atoms. The van der Waals surface area contributed by atoms with Crippen molar-refractivity contribution in [3.63, 3.8) is 0 Å². The van der Waals surface area contributed by atoms with Crippen LogP contribution in [-0.4, -0.2) is 36.3 Å². The van der Waals surface area contributed by atoms with E-state index < -0.39 is 0 Å². The molecule has 1 amide bonds. The zero-order chi connectivity index (χ0) is 20.1. The predicted molar refractivity (Wildman–Crippen MR) is 111 cm³/mol. The van der Waals surface area contributed by atoms with Gasteiger partial charge in [0.25, 0.3) is 0 Å². The van der Waals surface area contributed by atoms with Gasteiger partial charge in [0.05, 0.1) is 19.4 Å². The smallest absolute Gasteiger partial charge is 0.225 e. The van der Waals surface area contributed by atoms with Crippen LogP contribution in [-0.2, 0) is 16.2 Å². The summed E-state index contributed by atoms with van der Waals surface area (Å²) in [6.07, 6.45) is 0.487. The molecule has 2 aromatic carbocycles. The molecule has 0 fully saturated rings. The van der Waals surface area contributed by atoms with E-state index in [4.69, 9.17) is 21.2 Å². The molecular weight excluding hydrogens is 376 g/mol. The number of hydrogen-bond acceptors (Lipinski definition) is 4. The Kier molecular flexibility index (Phi) is 6.57.